The van der Waals surface area contributed by atoms with Crippen LogP contribution in [0.5, 0.6) is 0 Å². The number of para-hydroxylation sites is 1. The highest BCUT2D eigenvalue weighted by atomic mass is 16.5. The Hall–Kier alpha value is -2.82. The molecule has 2 aromatic rings. The molecule has 0 fully saturated rings. The minimum atomic E-state index is -1.00. The first-order valence-electron chi connectivity index (χ1n) is 5.89. The summed E-state index contributed by atoms with van der Waals surface area (Å²) in [7, 11) is 1.32. The third kappa shape index (κ3) is 2.95. The maximum atomic E-state index is 11.3. The van der Waals surface area contributed by atoms with Gasteiger partial charge in [0.15, 0.2) is 0 Å². The zero-order valence-corrected chi connectivity index (χ0v) is 10.8. The molecule has 0 unspecified atom stereocenters. The number of methoxy groups -OCH3 is 1. The van der Waals surface area contributed by atoms with Crippen molar-refractivity contribution in [2.75, 3.05) is 12.4 Å². The Kier molecular flexibility index (Phi) is 4.00. The van der Waals surface area contributed by atoms with Gasteiger partial charge in [0.2, 0.25) is 0 Å². The van der Waals surface area contributed by atoms with Gasteiger partial charge in [-0.2, -0.15) is 0 Å². The number of ether oxygens (including phenoxy) is 1. The van der Waals surface area contributed by atoms with Gasteiger partial charge in [0.1, 0.15) is 0 Å². The van der Waals surface area contributed by atoms with Gasteiger partial charge in [0, 0.05) is 5.69 Å². The van der Waals surface area contributed by atoms with Crippen molar-refractivity contribution in [3.63, 3.8) is 0 Å². The van der Waals surface area contributed by atoms with Crippen LogP contribution in [0.4, 0.5) is 11.4 Å². The Morgan fingerprint density at radius 1 is 1.05 bits per heavy atom. The number of carbonyl (C=O) groups is 2. The second kappa shape index (κ2) is 5.88. The van der Waals surface area contributed by atoms with Gasteiger partial charge in [-0.05, 0) is 36.4 Å². The lowest BCUT2D eigenvalue weighted by atomic mass is 10.1. The van der Waals surface area contributed by atoms with Gasteiger partial charge in [-0.3, -0.25) is 0 Å². The first-order chi connectivity index (χ1) is 9.61. The Morgan fingerprint density at radius 2 is 1.70 bits per heavy atom. The van der Waals surface area contributed by atoms with Gasteiger partial charge < -0.3 is 15.2 Å². The average molecular weight is 271 g/mol. The van der Waals surface area contributed by atoms with E-state index in [2.05, 4.69) is 10.1 Å². The molecule has 102 valence electrons. The molecule has 2 rings (SSSR count). The first-order valence-corrected chi connectivity index (χ1v) is 5.89. The highest BCUT2D eigenvalue weighted by molar-refractivity contribution is 5.95. The van der Waals surface area contributed by atoms with E-state index in [1.54, 1.807) is 42.5 Å². The number of hydrogen-bond donors (Lipinski definition) is 2. The molecule has 0 aliphatic rings. The van der Waals surface area contributed by atoms with Crippen LogP contribution >= 0.6 is 0 Å². The van der Waals surface area contributed by atoms with Crippen LogP contribution < -0.4 is 5.32 Å². The molecule has 0 heterocycles. The van der Waals surface area contributed by atoms with E-state index in [1.807, 2.05) is 0 Å². The van der Waals surface area contributed by atoms with Crippen LogP contribution in [0.2, 0.25) is 0 Å². The van der Waals surface area contributed by atoms with Crippen molar-refractivity contribution >= 4 is 23.3 Å². The van der Waals surface area contributed by atoms with Crippen LogP contribution in [0, 0.1) is 0 Å². The molecule has 0 aliphatic heterocycles. The van der Waals surface area contributed by atoms with E-state index in [9.17, 15) is 9.59 Å². The van der Waals surface area contributed by atoms with E-state index in [0.717, 1.165) is 0 Å². The third-order valence-corrected chi connectivity index (χ3v) is 2.74. The van der Waals surface area contributed by atoms with Crippen molar-refractivity contribution in [3.8, 4) is 0 Å². The van der Waals surface area contributed by atoms with Gasteiger partial charge in [-0.25, -0.2) is 9.59 Å². The van der Waals surface area contributed by atoms with E-state index in [1.165, 1.54) is 13.2 Å². The summed E-state index contributed by atoms with van der Waals surface area (Å²) < 4.78 is 4.61. The molecular weight excluding hydrogens is 258 g/mol. The molecule has 0 amide bonds. The number of rotatable bonds is 4. The van der Waals surface area contributed by atoms with E-state index in [-0.39, 0.29) is 5.56 Å². The fraction of sp³-hybridized carbons (Fsp3) is 0.0667. The molecule has 20 heavy (non-hydrogen) atoms. The van der Waals surface area contributed by atoms with Gasteiger partial charge in [-0.1, -0.05) is 12.1 Å². The van der Waals surface area contributed by atoms with Crippen molar-refractivity contribution in [1.29, 1.82) is 0 Å². The highest BCUT2D eigenvalue weighted by Crippen LogP contribution is 2.21. The summed E-state index contributed by atoms with van der Waals surface area (Å²) in [6.07, 6.45) is 0. The van der Waals surface area contributed by atoms with Crippen molar-refractivity contribution in [3.05, 3.63) is 59.7 Å². The molecule has 0 radical (unpaired) electrons. The SMILES string of the molecule is COC(=O)c1ccc(Nc2ccccc2C(=O)O)cc1. The molecule has 0 saturated carbocycles. The van der Waals surface area contributed by atoms with Gasteiger partial charge >= 0.3 is 11.9 Å². The maximum Gasteiger partial charge on any atom is 0.337 e. The molecule has 0 bridgehead atoms. The fourth-order valence-corrected chi connectivity index (χ4v) is 1.74. The van der Waals surface area contributed by atoms with E-state index < -0.39 is 11.9 Å². The number of carbonyl (C=O) groups excluding carboxylic acids is 1. The predicted molar refractivity (Wildman–Crippen MR) is 74.5 cm³/mol. The summed E-state index contributed by atoms with van der Waals surface area (Å²) in [5.41, 5.74) is 1.80. The molecule has 2 aromatic carbocycles. The van der Waals surface area contributed by atoms with Gasteiger partial charge in [0.25, 0.3) is 0 Å². The second-order valence-electron chi connectivity index (χ2n) is 4.04. The molecule has 0 aliphatic carbocycles. The number of carboxylic acids is 1. The topological polar surface area (TPSA) is 75.6 Å². The number of benzene rings is 2. The summed E-state index contributed by atoms with van der Waals surface area (Å²) >= 11 is 0. The Labute approximate surface area is 115 Å². The van der Waals surface area contributed by atoms with Crippen molar-refractivity contribution < 1.29 is 19.4 Å². The van der Waals surface area contributed by atoms with Crippen LogP contribution in [-0.2, 0) is 4.74 Å². The minimum absolute atomic E-state index is 0.185. The third-order valence-electron chi connectivity index (χ3n) is 2.74. The fourth-order valence-electron chi connectivity index (χ4n) is 1.74. The predicted octanol–water partition coefficient (Wildman–Crippen LogP) is 2.92. The number of esters is 1. The van der Waals surface area contributed by atoms with Crippen LogP contribution in [0.15, 0.2) is 48.5 Å². The molecule has 5 heteroatoms. The van der Waals surface area contributed by atoms with Gasteiger partial charge in [-0.15, -0.1) is 0 Å². The van der Waals surface area contributed by atoms with Crippen LogP contribution in [-0.4, -0.2) is 24.2 Å². The van der Waals surface area contributed by atoms with Crippen molar-refractivity contribution in [2.45, 2.75) is 0 Å². The summed E-state index contributed by atoms with van der Waals surface area (Å²) in [6.45, 7) is 0. The minimum Gasteiger partial charge on any atom is -0.478 e. The number of carboxylic acid groups (broad SMARTS) is 1. The van der Waals surface area contributed by atoms with E-state index in [4.69, 9.17) is 5.11 Å². The molecule has 0 saturated heterocycles. The van der Waals surface area contributed by atoms with Crippen LogP contribution in [0.1, 0.15) is 20.7 Å². The standard InChI is InChI=1S/C15H13NO4/c1-20-15(19)10-6-8-11(9-7-10)16-13-5-3-2-4-12(13)14(17)18/h2-9,16H,1H3,(H,17,18). The van der Waals surface area contributed by atoms with Crippen LogP contribution in [0.3, 0.4) is 0 Å². The first kappa shape index (κ1) is 13.6. The second-order valence-corrected chi connectivity index (χ2v) is 4.04. The Bertz CT molecular complexity index is 635. The van der Waals surface area contributed by atoms with Crippen molar-refractivity contribution in [2.24, 2.45) is 0 Å². The summed E-state index contributed by atoms with van der Waals surface area (Å²) in [4.78, 5) is 22.4. The van der Waals surface area contributed by atoms with Crippen molar-refractivity contribution in [1.82, 2.24) is 0 Å². The summed E-state index contributed by atoms with van der Waals surface area (Å²) in [5, 5.41) is 12.1. The average Bonchev–Trinajstić information content (AvgIpc) is 2.47. The Morgan fingerprint density at radius 3 is 2.30 bits per heavy atom. The lowest BCUT2D eigenvalue weighted by molar-refractivity contribution is 0.0600. The molecule has 5 nitrogen and oxygen atoms in total. The van der Waals surface area contributed by atoms with Gasteiger partial charge in [0.05, 0.1) is 23.9 Å². The summed E-state index contributed by atoms with van der Waals surface area (Å²) in [6, 6.07) is 13.2. The number of aromatic carboxylic acids is 1. The molecule has 0 aromatic heterocycles. The van der Waals surface area contributed by atoms with E-state index in [0.29, 0.717) is 16.9 Å². The normalized spacial score (nSPS) is 9.85. The smallest absolute Gasteiger partial charge is 0.337 e. The van der Waals surface area contributed by atoms with Crippen LogP contribution in [0.25, 0.3) is 0 Å². The monoisotopic (exact) mass is 271 g/mol. The molecule has 0 atom stereocenters. The largest absolute Gasteiger partial charge is 0.478 e. The summed E-state index contributed by atoms with van der Waals surface area (Å²) in [5.74, 6) is -1.42. The lowest BCUT2D eigenvalue weighted by Crippen LogP contribution is -2.03. The molecular formula is C15H13NO4. The molecule has 0 spiro atoms. The lowest BCUT2D eigenvalue weighted by Gasteiger charge is -2.09. The highest BCUT2D eigenvalue weighted by Gasteiger charge is 2.09. The molecule has 2 N–H and O–H groups in total. The zero-order chi connectivity index (χ0) is 14.5. The van der Waals surface area contributed by atoms with E-state index >= 15 is 0 Å². The number of nitrogens with one attached hydrogen (secondary N) is 1. The zero-order valence-electron chi connectivity index (χ0n) is 10.8. The maximum absolute atomic E-state index is 11.3. The number of hydrogen-bond acceptors (Lipinski definition) is 4. The number of anilines is 2. The quantitative estimate of drug-likeness (QED) is 0.836. The Balaban J connectivity index is 2.23.